The molecule has 0 aliphatic carbocycles. The zero-order chi connectivity index (χ0) is 20.7. The van der Waals surface area contributed by atoms with Crippen LogP contribution in [-0.4, -0.2) is 31.0 Å². The molecule has 3 rings (SSSR count). The fourth-order valence-electron chi connectivity index (χ4n) is 2.57. The molecule has 3 N–H and O–H groups in total. The van der Waals surface area contributed by atoms with E-state index < -0.39 is 35.8 Å². The average molecular weight is 468 g/mol. The zero-order valence-electron chi connectivity index (χ0n) is 16.3. The predicted molar refractivity (Wildman–Crippen MR) is 101 cm³/mol. The van der Waals surface area contributed by atoms with Crippen molar-refractivity contribution in [1.82, 2.24) is 0 Å². The maximum atomic E-state index is 11.6. The van der Waals surface area contributed by atoms with Crippen molar-refractivity contribution in [3.05, 3.63) is 54.1 Å². The van der Waals surface area contributed by atoms with Gasteiger partial charge in [-0.2, -0.15) is 21.9 Å². The number of azo groups is 1. The second kappa shape index (κ2) is 10.2. The molecule has 0 saturated heterocycles. The van der Waals surface area contributed by atoms with Crippen LogP contribution in [0.5, 0.6) is 5.75 Å². The number of phenolic OH excluding ortho intramolecular Hbond substituents is 1. The quantitative estimate of drug-likeness (QED) is 0.223. The first-order valence-electron chi connectivity index (χ1n) is 7.70. The average Bonchev–Trinajstić information content (AvgIpc) is 2.59. The summed E-state index contributed by atoms with van der Waals surface area (Å²) >= 11 is 0. The van der Waals surface area contributed by atoms with Crippen molar-refractivity contribution in [2.24, 2.45) is 10.2 Å². The third kappa shape index (κ3) is 5.88. The summed E-state index contributed by atoms with van der Waals surface area (Å²) in [5, 5.41) is 18.4. The van der Waals surface area contributed by atoms with E-state index in [0.29, 0.717) is 5.69 Å². The van der Waals surface area contributed by atoms with Crippen molar-refractivity contribution in [2.45, 2.75) is 16.7 Å². The zero-order valence-corrected chi connectivity index (χ0v) is 21.9. The Balaban J connectivity index is 0.00000225. The molecule has 0 unspecified atom stereocenters. The van der Waals surface area contributed by atoms with Crippen molar-refractivity contribution in [3.63, 3.8) is 0 Å². The number of benzene rings is 3. The van der Waals surface area contributed by atoms with Gasteiger partial charge in [-0.25, -0.2) is 0 Å². The van der Waals surface area contributed by atoms with Gasteiger partial charge in [-0.05, 0) is 42.1 Å². The Bertz CT molecular complexity index is 1340. The van der Waals surface area contributed by atoms with E-state index in [9.17, 15) is 31.0 Å². The first-order chi connectivity index (χ1) is 13.0. The summed E-state index contributed by atoms with van der Waals surface area (Å²) in [5.74, 6) is -0.841. The van der Waals surface area contributed by atoms with Crippen molar-refractivity contribution < 1.29 is 90.2 Å². The molecule has 146 valence electrons. The number of rotatable bonds is 4. The minimum atomic E-state index is -4.85. The molecule has 9 nitrogen and oxygen atoms in total. The van der Waals surface area contributed by atoms with Crippen LogP contribution in [-0.2, 0) is 20.2 Å². The molecule has 0 saturated carbocycles. The summed E-state index contributed by atoms with van der Waals surface area (Å²) in [6, 6.07) is 11.1. The maximum Gasteiger partial charge on any atom is 1.00 e. The Hall–Kier alpha value is -0.860. The Morgan fingerprint density at radius 2 is 1.47 bits per heavy atom. The van der Waals surface area contributed by atoms with E-state index in [-0.39, 0.29) is 75.6 Å². The number of aryl methyl sites for hydroxylation is 1. The van der Waals surface area contributed by atoms with Gasteiger partial charge in [0.2, 0.25) is 0 Å². The van der Waals surface area contributed by atoms with Gasteiger partial charge in [0.1, 0.15) is 10.6 Å². The minimum absolute atomic E-state index is 0. The third-order valence-electron chi connectivity index (χ3n) is 3.97. The Kier molecular flexibility index (Phi) is 9.21. The van der Waals surface area contributed by atoms with E-state index in [1.807, 2.05) is 0 Å². The largest absolute Gasteiger partial charge is 1.00 e. The molecule has 0 aliphatic heterocycles. The standard InChI is InChI=1S/C17H14N2O7S2.2Na/c1-10-4-2-3-5-14(10)18-19-16-13-7-6-12(27(21,22)23)8-11(13)9-15(17(16)20)28(24,25)26;;/h2-9,20H,1H3,(H,21,22,23)(H,24,25,26);;/q;2*+1. The number of nitrogens with zero attached hydrogens (tertiary/aromatic N) is 2. The van der Waals surface area contributed by atoms with E-state index in [4.69, 9.17) is 0 Å². The van der Waals surface area contributed by atoms with Gasteiger partial charge >= 0.3 is 59.1 Å². The molecular formula is C17H14N2Na2O7S2+2. The van der Waals surface area contributed by atoms with Crippen molar-refractivity contribution in [3.8, 4) is 5.75 Å². The van der Waals surface area contributed by atoms with Crippen LogP contribution in [0.4, 0.5) is 11.4 Å². The van der Waals surface area contributed by atoms with Gasteiger partial charge in [0.05, 0.1) is 10.6 Å². The Morgan fingerprint density at radius 1 is 0.833 bits per heavy atom. The smallest absolute Gasteiger partial charge is 0.504 e. The van der Waals surface area contributed by atoms with Crippen LogP contribution in [0.3, 0.4) is 0 Å². The molecule has 3 aromatic rings. The summed E-state index contributed by atoms with van der Waals surface area (Å²) < 4.78 is 64.5. The Morgan fingerprint density at radius 3 is 2.03 bits per heavy atom. The van der Waals surface area contributed by atoms with E-state index >= 15 is 0 Å². The van der Waals surface area contributed by atoms with Gasteiger partial charge in [0.15, 0.2) is 5.75 Å². The molecule has 13 heteroatoms. The van der Waals surface area contributed by atoms with Crippen LogP contribution in [0.15, 0.2) is 68.6 Å². The van der Waals surface area contributed by atoms with E-state index in [1.54, 1.807) is 31.2 Å². The fraction of sp³-hybridized carbons (Fsp3) is 0.0588. The van der Waals surface area contributed by atoms with Gasteiger partial charge in [-0.15, -0.1) is 5.11 Å². The summed E-state index contributed by atoms with van der Waals surface area (Å²) in [4.78, 5) is -1.36. The normalized spacial score (nSPS) is 11.8. The molecule has 0 heterocycles. The molecule has 3 aromatic carbocycles. The molecule has 0 fully saturated rings. The van der Waals surface area contributed by atoms with Crippen LogP contribution in [0, 0.1) is 6.92 Å². The van der Waals surface area contributed by atoms with Crippen LogP contribution < -0.4 is 59.1 Å². The summed E-state index contributed by atoms with van der Waals surface area (Å²) in [7, 11) is -9.41. The predicted octanol–water partition coefficient (Wildman–Crippen LogP) is -2.23. The second-order valence-corrected chi connectivity index (χ2v) is 8.70. The minimum Gasteiger partial charge on any atom is -0.504 e. The topological polar surface area (TPSA) is 154 Å². The van der Waals surface area contributed by atoms with Gasteiger partial charge in [-0.3, -0.25) is 9.11 Å². The van der Waals surface area contributed by atoms with E-state index in [1.165, 1.54) is 6.07 Å². The monoisotopic (exact) mass is 468 g/mol. The molecule has 0 atom stereocenters. The number of hydrogen-bond acceptors (Lipinski definition) is 7. The van der Waals surface area contributed by atoms with Crippen molar-refractivity contribution >= 4 is 42.4 Å². The van der Waals surface area contributed by atoms with Gasteiger partial charge in [0, 0.05) is 5.39 Å². The van der Waals surface area contributed by atoms with Crippen LogP contribution in [0.1, 0.15) is 5.56 Å². The molecule has 0 bridgehead atoms. The Labute approximate surface area is 217 Å². The number of aromatic hydroxyl groups is 1. The molecule has 0 aliphatic rings. The van der Waals surface area contributed by atoms with Crippen LogP contribution in [0.2, 0.25) is 0 Å². The number of fused-ring (bicyclic) bond motifs is 1. The molecule has 0 spiro atoms. The first-order valence-corrected chi connectivity index (χ1v) is 10.6. The van der Waals surface area contributed by atoms with Crippen molar-refractivity contribution in [1.29, 1.82) is 0 Å². The van der Waals surface area contributed by atoms with Crippen LogP contribution >= 0.6 is 0 Å². The summed E-state index contributed by atoms with van der Waals surface area (Å²) in [6.45, 7) is 1.78. The maximum absolute atomic E-state index is 11.6. The molecule has 0 radical (unpaired) electrons. The van der Waals surface area contributed by atoms with Crippen LogP contribution in [0.25, 0.3) is 10.8 Å². The van der Waals surface area contributed by atoms with E-state index in [2.05, 4.69) is 10.2 Å². The SMILES string of the molecule is Cc1ccccc1N=Nc1c(O)c(S(=O)(=O)O)cc2cc(S(=O)(=O)O)ccc12.[Na+].[Na+]. The summed E-state index contributed by atoms with van der Waals surface area (Å²) in [5.41, 5.74) is 0.951. The van der Waals surface area contributed by atoms with Crippen molar-refractivity contribution in [2.75, 3.05) is 0 Å². The number of hydrogen-bond donors (Lipinski definition) is 3. The fourth-order valence-corrected chi connectivity index (χ4v) is 3.70. The van der Waals surface area contributed by atoms with E-state index in [0.717, 1.165) is 23.8 Å². The number of phenols is 1. The van der Waals surface area contributed by atoms with Gasteiger partial charge in [-0.1, -0.05) is 24.3 Å². The molecule has 0 aromatic heterocycles. The first kappa shape index (κ1) is 27.2. The third-order valence-corrected chi connectivity index (χ3v) is 5.69. The molecule has 0 amide bonds. The molecule has 30 heavy (non-hydrogen) atoms. The summed E-state index contributed by atoms with van der Waals surface area (Å²) in [6.07, 6.45) is 0. The second-order valence-electron chi connectivity index (χ2n) is 5.89. The van der Waals surface area contributed by atoms with Gasteiger partial charge in [0.25, 0.3) is 20.2 Å². The molecular weight excluding hydrogens is 454 g/mol. The van der Waals surface area contributed by atoms with Gasteiger partial charge < -0.3 is 5.11 Å².